The number of para-hydroxylation sites is 1. The predicted octanol–water partition coefficient (Wildman–Crippen LogP) is 2.48. The van der Waals surface area contributed by atoms with Gasteiger partial charge in [-0.2, -0.15) is 0 Å². The van der Waals surface area contributed by atoms with Crippen LogP contribution in [0.1, 0.15) is 24.0 Å². The first-order valence-electron chi connectivity index (χ1n) is 9.17. The maximum Gasteiger partial charge on any atom is 0.329 e. The molecule has 4 amide bonds. The number of amides is 4. The molecule has 1 atom stereocenters. The second kappa shape index (κ2) is 7.23. The van der Waals surface area contributed by atoms with Crippen LogP contribution in [0.15, 0.2) is 54.6 Å². The predicted molar refractivity (Wildman–Crippen MR) is 101 cm³/mol. The van der Waals surface area contributed by atoms with Crippen LogP contribution in [0.5, 0.6) is 0 Å². The Morgan fingerprint density at radius 3 is 2.48 bits per heavy atom. The van der Waals surface area contributed by atoms with Crippen molar-refractivity contribution in [1.29, 1.82) is 0 Å². The third kappa shape index (κ3) is 3.43. The number of nitrogens with one attached hydrogen (secondary N) is 1. The van der Waals surface area contributed by atoms with Crippen LogP contribution in [0.2, 0.25) is 0 Å². The highest BCUT2D eigenvalue weighted by Gasteiger charge is 2.39. The molecule has 0 bridgehead atoms. The van der Waals surface area contributed by atoms with Crippen LogP contribution in [0.25, 0.3) is 0 Å². The fraction of sp³-hybridized carbons (Fsp3) is 0.286. The third-order valence-corrected chi connectivity index (χ3v) is 5.16. The Kier molecular flexibility index (Phi) is 4.62. The molecule has 0 radical (unpaired) electrons. The number of urea groups is 1. The van der Waals surface area contributed by atoms with Gasteiger partial charge in [0, 0.05) is 19.5 Å². The van der Waals surface area contributed by atoms with Crippen molar-refractivity contribution in [3.05, 3.63) is 65.7 Å². The van der Waals surface area contributed by atoms with Crippen molar-refractivity contribution in [3.8, 4) is 0 Å². The number of carbonyl (C=O) groups excluding carboxylic acids is 3. The summed E-state index contributed by atoms with van der Waals surface area (Å²) in [5.74, 6) is -0.285. The normalized spacial score (nSPS) is 19.0. The van der Waals surface area contributed by atoms with Crippen molar-refractivity contribution in [3.63, 3.8) is 0 Å². The summed E-state index contributed by atoms with van der Waals surface area (Å²) >= 11 is 0. The van der Waals surface area contributed by atoms with E-state index in [-0.39, 0.29) is 18.2 Å². The lowest BCUT2D eigenvalue weighted by atomic mass is 9.99. The monoisotopic (exact) mass is 363 g/mol. The summed E-state index contributed by atoms with van der Waals surface area (Å²) in [5.41, 5.74) is 3.01. The molecule has 1 saturated heterocycles. The number of hydrogen-bond acceptors (Lipinski definition) is 3. The van der Waals surface area contributed by atoms with Gasteiger partial charge in [-0.05, 0) is 36.1 Å². The topological polar surface area (TPSA) is 69.7 Å². The molecule has 2 aliphatic rings. The molecule has 0 aromatic heterocycles. The molecule has 1 fully saturated rings. The molecule has 0 saturated carbocycles. The van der Waals surface area contributed by atoms with E-state index in [2.05, 4.69) is 11.4 Å². The van der Waals surface area contributed by atoms with E-state index in [9.17, 15) is 14.4 Å². The summed E-state index contributed by atoms with van der Waals surface area (Å²) in [6.45, 7) is 1.30. The standard InChI is InChI=1S/C21H21N3O3/c25-19(23-13-12-15-6-4-5-7-16(15)14-23)11-10-18-20(26)24(21(27)22-18)17-8-2-1-3-9-17/h1-9,18H,10-14H2,(H,22,27)/t18-/m1/s1. The highest BCUT2D eigenvalue weighted by atomic mass is 16.2. The van der Waals surface area contributed by atoms with E-state index in [0.717, 1.165) is 11.3 Å². The molecular formula is C21H21N3O3. The average Bonchev–Trinajstić information content (AvgIpc) is 2.99. The van der Waals surface area contributed by atoms with Crippen LogP contribution in [-0.4, -0.2) is 35.3 Å². The van der Waals surface area contributed by atoms with Gasteiger partial charge in [-0.25, -0.2) is 9.69 Å². The van der Waals surface area contributed by atoms with E-state index in [1.165, 1.54) is 11.1 Å². The summed E-state index contributed by atoms with van der Waals surface area (Å²) in [4.78, 5) is 40.3. The highest BCUT2D eigenvalue weighted by Crippen LogP contribution is 2.22. The van der Waals surface area contributed by atoms with Crippen molar-refractivity contribution in [2.24, 2.45) is 0 Å². The molecule has 2 aromatic rings. The summed E-state index contributed by atoms with van der Waals surface area (Å²) in [5, 5.41) is 2.69. The van der Waals surface area contributed by atoms with Crippen LogP contribution in [-0.2, 0) is 22.6 Å². The van der Waals surface area contributed by atoms with Crippen LogP contribution in [0.4, 0.5) is 10.5 Å². The zero-order valence-electron chi connectivity index (χ0n) is 14.9. The second-order valence-corrected chi connectivity index (χ2v) is 6.88. The first-order chi connectivity index (χ1) is 13.1. The Hall–Kier alpha value is -3.15. The van der Waals surface area contributed by atoms with Crippen molar-refractivity contribution >= 4 is 23.5 Å². The minimum Gasteiger partial charge on any atom is -0.338 e. The lowest BCUT2D eigenvalue weighted by molar-refractivity contribution is -0.132. The van der Waals surface area contributed by atoms with Gasteiger partial charge in [0.2, 0.25) is 5.91 Å². The van der Waals surface area contributed by atoms with E-state index in [0.29, 0.717) is 25.2 Å². The van der Waals surface area contributed by atoms with Gasteiger partial charge in [-0.3, -0.25) is 9.59 Å². The van der Waals surface area contributed by atoms with E-state index in [4.69, 9.17) is 0 Å². The van der Waals surface area contributed by atoms with Crippen LogP contribution in [0, 0.1) is 0 Å². The van der Waals surface area contributed by atoms with Gasteiger partial charge in [0.05, 0.1) is 5.69 Å². The van der Waals surface area contributed by atoms with Gasteiger partial charge in [-0.1, -0.05) is 42.5 Å². The van der Waals surface area contributed by atoms with Crippen molar-refractivity contribution in [2.75, 3.05) is 11.4 Å². The summed E-state index contributed by atoms with van der Waals surface area (Å²) in [6, 6.07) is 15.9. The Labute approximate surface area is 157 Å². The number of rotatable bonds is 4. The Bertz CT molecular complexity index is 881. The van der Waals surface area contributed by atoms with Gasteiger partial charge in [0.15, 0.2) is 0 Å². The molecular weight excluding hydrogens is 342 g/mol. The van der Waals surface area contributed by atoms with E-state index in [1.807, 2.05) is 29.2 Å². The third-order valence-electron chi connectivity index (χ3n) is 5.16. The summed E-state index contributed by atoms with van der Waals surface area (Å²) < 4.78 is 0. The Morgan fingerprint density at radius 2 is 1.70 bits per heavy atom. The average molecular weight is 363 g/mol. The largest absolute Gasteiger partial charge is 0.338 e. The summed E-state index contributed by atoms with van der Waals surface area (Å²) in [7, 11) is 0. The first-order valence-corrected chi connectivity index (χ1v) is 9.17. The van der Waals surface area contributed by atoms with E-state index in [1.54, 1.807) is 24.3 Å². The van der Waals surface area contributed by atoms with Crippen LogP contribution < -0.4 is 10.2 Å². The first kappa shape index (κ1) is 17.3. The van der Waals surface area contributed by atoms with Crippen LogP contribution >= 0.6 is 0 Å². The molecule has 4 rings (SSSR count). The minimum atomic E-state index is -0.654. The zero-order valence-corrected chi connectivity index (χ0v) is 14.9. The van der Waals surface area contributed by atoms with Gasteiger partial charge in [0.1, 0.15) is 6.04 Å². The molecule has 2 aliphatic heterocycles. The van der Waals surface area contributed by atoms with Crippen LogP contribution in [0.3, 0.4) is 0 Å². The molecule has 1 N–H and O–H groups in total. The quantitative estimate of drug-likeness (QED) is 0.849. The van der Waals surface area contributed by atoms with Crippen molar-refractivity contribution < 1.29 is 14.4 Å². The molecule has 6 nitrogen and oxygen atoms in total. The Morgan fingerprint density at radius 1 is 1.00 bits per heavy atom. The number of carbonyl (C=O) groups is 3. The highest BCUT2D eigenvalue weighted by molar-refractivity contribution is 6.21. The fourth-order valence-electron chi connectivity index (χ4n) is 3.68. The van der Waals surface area contributed by atoms with Gasteiger partial charge >= 0.3 is 6.03 Å². The zero-order chi connectivity index (χ0) is 18.8. The molecule has 2 heterocycles. The van der Waals surface area contributed by atoms with Crippen molar-refractivity contribution in [2.45, 2.75) is 31.8 Å². The molecule has 0 spiro atoms. The lowest BCUT2D eigenvalue weighted by Gasteiger charge is -2.29. The lowest BCUT2D eigenvalue weighted by Crippen LogP contribution is -2.37. The molecule has 2 aromatic carbocycles. The summed E-state index contributed by atoms with van der Waals surface area (Å²) in [6.07, 6.45) is 1.40. The van der Waals surface area contributed by atoms with Crippen molar-refractivity contribution in [1.82, 2.24) is 10.2 Å². The number of fused-ring (bicyclic) bond motifs is 1. The molecule has 138 valence electrons. The van der Waals surface area contributed by atoms with Gasteiger partial charge in [-0.15, -0.1) is 0 Å². The molecule has 6 heteroatoms. The Balaban J connectivity index is 1.36. The molecule has 27 heavy (non-hydrogen) atoms. The number of nitrogens with zero attached hydrogens (tertiary/aromatic N) is 2. The minimum absolute atomic E-state index is 0.0183. The van der Waals surface area contributed by atoms with E-state index < -0.39 is 12.1 Å². The van der Waals surface area contributed by atoms with E-state index >= 15 is 0 Å². The van der Waals surface area contributed by atoms with Gasteiger partial charge in [0.25, 0.3) is 5.91 Å². The SMILES string of the molecule is O=C(CC[C@H]1NC(=O)N(c2ccccc2)C1=O)N1CCc2ccccc2C1. The number of hydrogen-bond donors (Lipinski definition) is 1. The number of imide groups is 1. The number of anilines is 1. The fourth-order valence-corrected chi connectivity index (χ4v) is 3.68. The second-order valence-electron chi connectivity index (χ2n) is 6.88. The molecule has 0 aliphatic carbocycles. The van der Waals surface area contributed by atoms with Gasteiger partial charge < -0.3 is 10.2 Å². The smallest absolute Gasteiger partial charge is 0.329 e. The maximum absolute atomic E-state index is 12.6. The molecule has 0 unspecified atom stereocenters. The number of benzene rings is 2. The maximum atomic E-state index is 12.6.